The third kappa shape index (κ3) is 5.43. The predicted molar refractivity (Wildman–Crippen MR) is 112 cm³/mol. The van der Waals surface area contributed by atoms with Gasteiger partial charge in [0.05, 0.1) is 23.0 Å². The maximum absolute atomic E-state index is 13.7. The van der Waals surface area contributed by atoms with Gasteiger partial charge in [-0.15, -0.1) is 0 Å². The monoisotopic (exact) mass is 397 g/mol. The summed E-state index contributed by atoms with van der Waals surface area (Å²) in [7, 11) is 0. The first kappa shape index (κ1) is 21.0. The number of aliphatic hydroxyl groups excluding tert-OH is 1. The molecule has 5 nitrogen and oxygen atoms in total. The number of ether oxygens (including phenoxy) is 1. The Kier molecular flexibility index (Phi) is 7.01. The summed E-state index contributed by atoms with van der Waals surface area (Å²) < 4.78 is 21.6. The number of halogens is 1. The number of para-hydroxylation sites is 1. The van der Waals surface area contributed by atoms with E-state index in [0.29, 0.717) is 24.7 Å². The lowest BCUT2D eigenvalue weighted by atomic mass is 10.2. The fourth-order valence-corrected chi connectivity index (χ4v) is 3.36. The largest absolute Gasteiger partial charge is 0.438 e. The lowest BCUT2D eigenvalue weighted by Gasteiger charge is -2.23. The fourth-order valence-electron chi connectivity index (χ4n) is 3.36. The molecule has 6 heteroatoms. The zero-order valence-corrected chi connectivity index (χ0v) is 17.2. The number of benzene rings is 2. The van der Waals surface area contributed by atoms with Crippen LogP contribution in [0.15, 0.2) is 54.6 Å². The lowest BCUT2D eigenvalue weighted by Crippen LogP contribution is -2.31. The maximum atomic E-state index is 13.7. The van der Waals surface area contributed by atoms with Gasteiger partial charge in [0.25, 0.3) is 0 Å². The lowest BCUT2D eigenvalue weighted by molar-refractivity contribution is 0.122. The molecule has 1 atom stereocenters. The molecule has 0 unspecified atom stereocenters. The molecule has 0 aliphatic carbocycles. The first-order valence-electron chi connectivity index (χ1n) is 9.95. The zero-order chi connectivity index (χ0) is 20.8. The summed E-state index contributed by atoms with van der Waals surface area (Å²) in [5.41, 5.74) is 2.63. The van der Waals surface area contributed by atoms with Crippen LogP contribution >= 0.6 is 0 Å². The molecule has 0 aliphatic heterocycles. The third-order valence-electron chi connectivity index (χ3n) is 4.59. The Morgan fingerprint density at radius 1 is 1.17 bits per heavy atom. The van der Waals surface area contributed by atoms with Crippen molar-refractivity contribution >= 4 is 0 Å². The van der Waals surface area contributed by atoms with Gasteiger partial charge in [-0.25, -0.2) is 9.07 Å². The molecule has 0 saturated heterocycles. The molecule has 3 rings (SSSR count). The van der Waals surface area contributed by atoms with E-state index in [4.69, 9.17) is 9.84 Å². The van der Waals surface area contributed by atoms with Crippen LogP contribution in [0.2, 0.25) is 0 Å². The molecule has 1 heterocycles. The van der Waals surface area contributed by atoms with Crippen LogP contribution in [0.4, 0.5) is 4.39 Å². The van der Waals surface area contributed by atoms with Crippen molar-refractivity contribution in [2.24, 2.45) is 0 Å². The summed E-state index contributed by atoms with van der Waals surface area (Å²) in [6.45, 7) is 7.83. The molecule has 1 aromatic heterocycles. The fraction of sp³-hybridized carbons (Fsp3) is 0.348. The molecule has 0 spiro atoms. The van der Waals surface area contributed by atoms with Crippen LogP contribution in [0.3, 0.4) is 0 Å². The molecule has 3 aromatic rings. The van der Waals surface area contributed by atoms with Crippen molar-refractivity contribution in [3.63, 3.8) is 0 Å². The van der Waals surface area contributed by atoms with Crippen LogP contribution in [-0.4, -0.2) is 39.0 Å². The highest BCUT2D eigenvalue weighted by molar-refractivity contribution is 5.43. The van der Waals surface area contributed by atoms with Crippen molar-refractivity contribution in [1.82, 2.24) is 14.7 Å². The van der Waals surface area contributed by atoms with Crippen molar-refractivity contribution in [2.45, 2.75) is 39.8 Å². The van der Waals surface area contributed by atoms with Gasteiger partial charge in [0.15, 0.2) is 0 Å². The number of aliphatic hydroxyl groups is 1. The Morgan fingerprint density at radius 2 is 1.93 bits per heavy atom. The van der Waals surface area contributed by atoms with Crippen LogP contribution in [0.25, 0.3) is 5.69 Å². The molecule has 29 heavy (non-hydrogen) atoms. The highest BCUT2D eigenvalue weighted by atomic mass is 19.1. The topological polar surface area (TPSA) is 50.5 Å². The van der Waals surface area contributed by atoms with Gasteiger partial charge in [-0.05, 0) is 51.1 Å². The number of nitrogens with zero attached hydrogens (tertiary/aromatic N) is 3. The van der Waals surface area contributed by atoms with E-state index in [0.717, 1.165) is 29.9 Å². The average Bonchev–Trinajstić information content (AvgIpc) is 2.98. The number of hydrogen-bond donors (Lipinski definition) is 1. The first-order valence-corrected chi connectivity index (χ1v) is 9.95. The Labute approximate surface area is 171 Å². The van der Waals surface area contributed by atoms with E-state index in [9.17, 15) is 9.50 Å². The van der Waals surface area contributed by atoms with Gasteiger partial charge in [0.1, 0.15) is 11.6 Å². The molecule has 0 amide bonds. The average molecular weight is 397 g/mol. The SMILES string of the molecule is CCCN(Cc1c(C)nn(-c2ccccc2)c1Oc1cccc(F)c1)C[C@H](C)O. The Morgan fingerprint density at radius 3 is 2.59 bits per heavy atom. The van der Waals surface area contributed by atoms with Crippen LogP contribution in [-0.2, 0) is 6.54 Å². The van der Waals surface area contributed by atoms with E-state index in [1.54, 1.807) is 23.7 Å². The van der Waals surface area contributed by atoms with E-state index in [1.165, 1.54) is 12.1 Å². The minimum absolute atomic E-state index is 0.353. The van der Waals surface area contributed by atoms with Crippen LogP contribution in [0, 0.1) is 12.7 Å². The Bertz CT molecular complexity index is 925. The van der Waals surface area contributed by atoms with E-state index in [-0.39, 0.29) is 5.82 Å². The van der Waals surface area contributed by atoms with Crippen molar-refractivity contribution in [1.29, 1.82) is 0 Å². The van der Waals surface area contributed by atoms with Crippen LogP contribution in [0.1, 0.15) is 31.5 Å². The molecule has 154 valence electrons. The molecule has 0 saturated carbocycles. The quantitative estimate of drug-likeness (QED) is 0.568. The van der Waals surface area contributed by atoms with Gasteiger partial charge in [-0.3, -0.25) is 4.90 Å². The molecular weight excluding hydrogens is 369 g/mol. The predicted octanol–water partition coefficient (Wildman–Crippen LogP) is 4.70. The van der Waals surface area contributed by atoms with E-state index >= 15 is 0 Å². The van der Waals surface area contributed by atoms with E-state index < -0.39 is 6.10 Å². The van der Waals surface area contributed by atoms with E-state index in [1.807, 2.05) is 37.3 Å². The van der Waals surface area contributed by atoms with Crippen molar-refractivity contribution in [3.05, 3.63) is 71.7 Å². The Hall–Kier alpha value is -2.70. The third-order valence-corrected chi connectivity index (χ3v) is 4.59. The summed E-state index contributed by atoms with van der Waals surface area (Å²) in [5, 5.41) is 14.6. The van der Waals surface area contributed by atoms with Gasteiger partial charge >= 0.3 is 0 Å². The molecule has 0 radical (unpaired) electrons. The molecule has 0 aliphatic rings. The standard InChI is InChI=1S/C23H28FN3O2/c1-4-13-26(15-17(2)28)16-22-18(3)25-27(20-10-6-5-7-11-20)23(22)29-21-12-8-9-19(24)14-21/h5-12,14,17,28H,4,13,15-16H2,1-3H3/t17-/m0/s1. The second-order valence-electron chi connectivity index (χ2n) is 7.26. The minimum atomic E-state index is -0.432. The Balaban J connectivity index is 2.03. The molecule has 1 N–H and O–H groups in total. The zero-order valence-electron chi connectivity index (χ0n) is 17.2. The van der Waals surface area contributed by atoms with Gasteiger partial charge in [0, 0.05) is 19.2 Å². The highest BCUT2D eigenvalue weighted by Gasteiger charge is 2.21. The summed E-state index contributed by atoms with van der Waals surface area (Å²) in [4.78, 5) is 2.18. The van der Waals surface area contributed by atoms with E-state index in [2.05, 4.69) is 11.8 Å². The number of aryl methyl sites for hydroxylation is 1. The normalized spacial score (nSPS) is 12.3. The van der Waals surface area contributed by atoms with Crippen molar-refractivity contribution in [3.8, 4) is 17.3 Å². The summed E-state index contributed by atoms with van der Waals surface area (Å²) in [5.74, 6) is 0.625. The maximum Gasteiger partial charge on any atom is 0.227 e. The number of aromatic nitrogens is 2. The van der Waals surface area contributed by atoms with Crippen molar-refractivity contribution in [2.75, 3.05) is 13.1 Å². The minimum Gasteiger partial charge on any atom is -0.438 e. The number of hydrogen-bond acceptors (Lipinski definition) is 4. The summed E-state index contributed by atoms with van der Waals surface area (Å²) >= 11 is 0. The van der Waals surface area contributed by atoms with Crippen molar-refractivity contribution < 1.29 is 14.2 Å². The van der Waals surface area contributed by atoms with Gasteiger partial charge in [-0.2, -0.15) is 5.10 Å². The molecule has 2 aromatic carbocycles. The molecule has 0 bridgehead atoms. The van der Waals surface area contributed by atoms with Gasteiger partial charge in [0.2, 0.25) is 5.88 Å². The van der Waals surface area contributed by atoms with Gasteiger partial charge < -0.3 is 9.84 Å². The van der Waals surface area contributed by atoms with Crippen LogP contribution < -0.4 is 4.74 Å². The first-order chi connectivity index (χ1) is 14.0. The highest BCUT2D eigenvalue weighted by Crippen LogP contribution is 2.32. The second kappa shape index (κ2) is 9.67. The van der Waals surface area contributed by atoms with Crippen LogP contribution in [0.5, 0.6) is 11.6 Å². The number of rotatable bonds is 9. The molecule has 0 fully saturated rings. The summed E-state index contributed by atoms with van der Waals surface area (Å²) in [6.07, 6.45) is 0.539. The van der Waals surface area contributed by atoms with Gasteiger partial charge in [-0.1, -0.05) is 31.2 Å². The second-order valence-corrected chi connectivity index (χ2v) is 7.26. The summed E-state index contributed by atoms with van der Waals surface area (Å²) in [6, 6.07) is 15.8. The smallest absolute Gasteiger partial charge is 0.227 e. The molecular formula is C23H28FN3O2.